The SMILES string of the molecule is CCN(CC)c1nc(N)nc(-n2nc(C)nc2C)n1. The highest BCUT2D eigenvalue weighted by Gasteiger charge is 2.13. The van der Waals surface area contributed by atoms with Crippen molar-refractivity contribution >= 4 is 11.9 Å². The zero-order valence-electron chi connectivity index (χ0n) is 11.6. The Bertz CT molecular complexity index is 572. The minimum Gasteiger partial charge on any atom is -0.368 e. The van der Waals surface area contributed by atoms with Crippen molar-refractivity contribution in [3.8, 4) is 5.95 Å². The molecule has 0 saturated carbocycles. The molecule has 2 N–H and O–H groups in total. The van der Waals surface area contributed by atoms with E-state index in [1.54, 1.807) is 4.68 Å². The summed E-state index contributed by atoms with van der Waals surface area (Å²) in [5, 5.41) is 4.25. The van der Waals surface area contributed by atoms with Gasteiger partial charge in [0.15, 0.2) is 0 Å². The summed E-state index contributed by atoms with van der Waals surface area (Å²) in [7, 11) is 0. The van der Waals surface area contributed by atoms with Crippen LogP contribution in [0.4, 0.5) is 11.9 Å². The normalized spacial score (nSPS) is 10.7. The van der Waals surface area contributed by atoms with Gasteiger partial charge in [-0.2, -0.15) is 19.6 Å². The molecular formula is C11H18N8. The number of nitrogens with zero attached hydrogens (tertiary/aromatic N) is 7. The average Bonchev–Trinajstić information content (AvgIpc) is 2.69. The molecule has 0 bridgehead atoms. The van der Waals surface area contributed by atoms with E-state index in [2.05, 4.69) is 25.0 Å². The van der Waals surface area contributed by atoms with Gasteiger partial charge in [-0.15, -0.1) is 5.10 Å². The molecule has 2 rings (SSSR count). The van der Waals surface area contributed by atoms with Gasteiger partial charge < -0.3 is 10.6 Å². The van der Waals surface area contributed by atoms with Crippen LogP contribution in [-0.2, 0) is 0 Å². The zero-order valence-corrected chi connectivity index (χ0v) is 11.6. The maximum atomic E-state index is 5.75. The number of aromatic nitrogens is 6. The third-order valence-corrected chi connectivity index (χ3v) is 2.74. The molecule has 2 aromatic heterocycles. The van der Waals surface area contributed by atoms with Crippen LogP contribution in [-0.4, -0.2) is 42.8 Å². The molecule has 0 atom stereocenters. The topological polar surface area (TPSA) is 98.6 Å². The smallest absolute Gasteiger partial charge is 0.258 e. The highest BCUT2D eigenvalue weighted by molar-refractivity contribution is 5.37. The first-order valence-corrected chi connectivity index (χ1v) is 6.22. The zero-order chi connectivity index (χ0) is 14.0. The number of hydrogen-bond donors (Lipinski definition) is 1. The van der Waals surface area contributed by atoms with Gasteiger partial charge in [0.1, 0.15) is 11.6 Å². The summed E-state index contributed by atoms with van der Waals surface area (Å²) in [5.41, 5.74) is 5.75. The van der Waals surface area contributed by atoms with E-state index in [-0.39, 0.29) is 5.95 Å². The Balaban J connectivity index is 2.50. The van der Waals surface area contributed by atoms with E-state index in [0.29, 0.717) is 23.5 Å². The summed E-state index contributed by atoms with van der Waals surface area (Å²) in [4.78, 5) is 18.9. The molecule has 0 aliphatic carbocycles. The van der Waals surface area contributed by atoms with Crippen LogP contribution in [0.2, 0.25) is 0 Å². The Labute approximate surface area is 111 Å². The van der Waals surface area contributed by atoms with E-state index >= 15 is 0 Å². The Morgan fingerprint density at radius 3 is 2.26 bits per heavy atom. The van der Waals surface area contributed by atoms with Crippen LogP contribution >= 0.6 is 0 Å². The van der Waals surface area contributed by atoms with Crippen molar-refractivity contribution in [1.29, 1.82) is 0 Å². The Hall–Kier alpha value is -2.25. The Morgan fingerprint density at radius 1 is 1.05 bits per heavy atom. The molecular weight excluding hydrogens is 244 g/mol. The lowest BCUT2D eigenvalue weighted by molar-refractivity contribution is 0.744. The third-order valence-electron chi connectivity index (χ3n) is 2.74. The highest BCUT2D eigenvalue weighted by atomic mass is 15.4. The van der Waals surface area contributed by atoms with Gasteiger partial charge in [0.25, 0.3) is 5.95 Å². The van der Waals surface area contributed by atoms with Crippen LogP contribution in [0.3, 0.4) is 0 Å². The molecule has 19 heavy (non-hydrogen) atoms. The molecule has 2 heterocycles. The van der Waals surface area contributed by atoms with E-state index in [1.807, 2.05) is 32.6 Å². The molecule has 8 heteroatoms. The predicted molar refractivity (Wildman–Crippen MR) is 72.2 cm³/mol. The van der Waals surface area contributed by atoms with Crippen LogP contribution in [0, 0.1) is 13.8 Å². The number of rotatable bonds is 4. The summed E-state index contributed by atoms with van der Waals surface area (Å²) < 4.78 is 1.57. The summed E-state index contributed by atoms with van der Waals surface area (Å²) in [5.74, 6) is 2.52. The summed E-state index contributed by atoms with van der Waals surface area (Å²) in [6, 6.07) is 0. The van der Waals surface area contributed by atoms with E-state index < -0.39 is 0 Å². The van der Waals surface area contributed by atoms with Crippen molar-refractivity contribution in [1.82, 2.24) is 29.7 Å². The molecule has 0 aromatic carbocycles. The van der Waals surface area contributed by atoms with E-state index in [4.69, 9.17) is 5.73 Å². The predicted octanol–water partition coefficient (Wildman–Crippen LogP) is 0.498. The number of anilines is 2. The molecule has 0 saturated heterocycles. The molecule has 8 nitrogen and oxygen atoms in total. The third kappa shape index (κ3) is 2.61. The maximum Gasteiger partial charge on any atom is 0.258 e. The Kier molecular flexibility index (Phi) is 3.59. The minimum atomic E-state index is 0.180. The lowest BCUT2D eigenvalue weighted by Crippen LogP contribution is -2.25. The quantitative estimate of drug-likeness (QED) is 0.856. The monoisotopic (exact) mass is 262 g/mol. The summed E-state index contributed by atoms with van der Waals surface area (Å²) >= 11 is 0. The van der Waals surface area contributed by atoms with Crippen LogP contribution in [0.15, 0.2) is 0 Å². The van der Waals surface area contributed by atoms with Crippen molar-refractivity contribution in [2.75, 3.05) is 23.7 Å². The van der Waals surface area contributed by atoms with Gasteiger partial charge in [0, 0.05) is 13.1 Å². The largest absolute Gasteiger partial charge is 0.368 e. The number of aryl methyl sites for hydroxylation is 2. The minimum absolute atomic E-state index is 0.180. The van der Waals surface area contributed by atoms with Crippen LogP contribution < -0.4 is 10.6 Å². The van der Waals surface area contributed by atoms with Gasteiger partial charge in [0.2, 0.25) is 11.9 Å². The summed E-state index contributed by atoms with van der Waals surface area (Å²) in [6.45, 7) is 9.34. The molecule has 0 spiro atoms. The van der Waals surface area contributed by atoms with Gasteiger partial charge in [-0.05, 0) is 27.7 Å². The van der Waals surface area contributed by atoms with Crippen LogP contribution in [0.25, 0.3) is 5.95 Å². The Morgan fingerprint density at radius 2 is 1.74 bits per heavy atom. The second kappa shape index (κ2) is 5.17. The molecule has 0 aliphatic heterocycles. The van der Waals surface area contributed by atoms with Gasteiger partial charge in [-0.3, -0.25) is 0 Å². The van der Waals surface area contributed by atoms with Gasteiger partial charge in [-0.1, -0.05) is 0 Å². The summed E-state index contributed by atoms with van der Waals surface area (Å²) in [6.07, 6.45) is 0. The first-order chi connectivity index (χ1) is 9.05. The molecule has 0 fully saturated rings. The molecule has 102 valence electrons. The lowest BCUT2D eigenvalue weighted by Gasteiger charge is -2.18. The van der Waals surface area contributed by atoms with E-state index in [0.717, 1.165) is 13.1 Å². The molecule has 0 aliphatic rings. The standard InChI is InChI=1S/C11H18N8/c1-5-18(6-2)10-14-9(12)15-11(16-10)19-8(4)13-7(3)17-19/h5-6H2,1-4H3,(H2,12,14,15,16). The van der Waals surface area contributed by atoms with Gasteiger partial charge in [0.05, 0.1) is 0 Å². The van der Waals surface area contributed by atoms with E-state index in [1.165, 1.54) is 0 Å². The second-order valence-corrected chi connectivity index (χ2v) is 4.08. The van der Waals surface area contributed by atoms with Crippen molar-refractivity contribution < 1.29 is 0 Å². The fraction of sp³-hybridized carbons (Fsp3) is 0.545. The molecule has 0 amide bonds. The van der Waals surface area contributed by atoms with E-state index in [9.17, 15) is 0 Å². The van der Waals surface area contributed by atoms with Crippen LogP contribution in [0.1, 0.15) is 25.5 Å². The van der Waals surface area contributed by atoms with Crippen molar-refractivity contribution in [2.24, 2.45) is 0 Å². The number of hydrogen-bond acceptors (Lipinski definition) is 7. The van der Waals surface area contributed by atoms with Gasteiger partial charge in [-0.25, -0.2) is 4.98 Å². The first-order valence-electron chi connectivity index (χ1n) is 6.22. The number of nitrogens with two attached hydrogens (primary N) is 1. The van der Waals surface area contributed by atoms with Crippen LogP contribution in [0.5, 0.6) is 0 Å². The van der Waals surface area contributed by atoms with Crippen molar-refractivity contribution in [2.45, 2.75) is 27.7 Å². The fourth-order valence-corrected chi connectivity index (χ4v) is 1.82. The highest BCUT2D eigenvalue weighted by Crippen LogP contribution is 2.12. The maximum absolute atomic E-state index is 5.75. The molecule has 2 aromatic rings. The second-order valence-electron chi connectivity index (χ2n) is 4.08. The molecule has 0 radical (unpaired) electrons. The average molecular weight is 262 g/mol. The van der Waals surface area contributed by atoms with Crippen molar-refractivity contribution in [3.63, 3.8) is 0 Å². The number of nitrogen functional groups attached to an aromatic ring is 1. The fourth-order valence-electron chi connectivity index (χ4n) is 1.82. The lowest BCUT2D eigenvalue weighted by atomic mass is 10.5. The molecule has 0 unspecified atom stereocenters. The van der Waals surface area contributed by atoms with Gasteiger partial charge >= 0.3 is 0 Å². The first kappa shape index (κ1) is 13.2. The van der Waals surface area contributed by atoms with Crippen molar-refractivity contribution in [3.05, 3.63) is 11.6 Å².